The molecular weight excluding hydrogens is 330 g/mol. The predicted octanol–water partition coefficient (Wildman–Crippen LogP) is 1.52. The van der Waals surface area contributed by atoms with Crippen molar-refractivity contribution in [3.8, 4) is 0 Å². The third-order valence-electron chi connectivity index (χ3n) is 6.14. The van der Waals surface area contributed by atoms with E-state index in [4.69, 9.17) is 0 Å². The molecule has 144 valence electrons. The number of rotatable bonds is 2. The van der Waals surface area contributed by atoms with E-state index in [2.05, 4.69) is 33.8 Å². The first-order valence-corrected chi connectivity index (χ1v) is 9.75. The van der Waals surface area contributed by atoms with Crippen LogP contribution in [0.1, 0.15) is 40.5 Å². The van der Waals surface area contributed by atoms with E-state index >= 15 is 0 Å². The number of nitrogens with zero attached hydrogens (tertiary/aromatic N) is 3. The molecule has 0 bridgehead atoms. The number of hydrogen-bond donors (Lipinski definition) is 0. The second-order valence-electron chi connectivity index (χ2n) is 8.69. The van der Waals surface area contributed by atoms with Crippen molar-refractivity contribution >= 4 is 17.7 Å². The summed E-state index contributed by atoms with van der Waals surface area (Å²) in [6.07, 6.45) is 4.16. The minimum atomic E-state index is -0.409. The van der Waals surface area contributed by atoms with Crippen LogP contribution in [-0.4, -0.2) is 71.7 Å². The van der Waals surface area contributed by atoms with Gasteiger partial charge in [0.2, 0.25) is 5.91 Å². The van der Waals surface area contributed by atoms with Crippen LogP contribution < -0.4 is 0 Å². The van der Waals surface area contributed by atoms with E-state index in [9.17, 15) is 14.4 Å². The second kappa shape index (κ2) is 7.05. The molecule has 0 N–H and O–H groups in total. The molecule has 0 spiro atoms. The molecule has 1 saturated carbocycles. The second-order valence-corrected chi connectivity index (χ2v) is 8.69. The highest BCUT2D eigenvalue weighted by molar-refractivity contribution is 6.35. The fourth-order valence-electron chi connectivity index (χ4n) is 4.34. The Morgan fingerprint density at radius 2 is 1.27 bits per heavy atom. The molecule has 2 saturated heterocycles. The summed E-state index contributed by atoms with van der Waals surface area (Å²) in [7, 11) is 0. The monoisotopic (exact) mass is 361 g/mol. The van der Waals surface area contributed by atoms with Crippen molar-refractivity contribution in [2.24, 2.45) is 17.3 Å². The summed E-state index contributed by atoms with van der Waals surface area (Å²) in [5.41, 5.74) is 1.25. The highest BCUT2D eigenvalue weighted by Gasteiger charge is 2.61. The average molecular weight is 361 g/mol. The molecule has 2 heterocycles. The summed E-state index contributed by atoms with van der Waals surface area (Å²) in [5.74, 6) is -0.264. The molecule has 26 heavy (non-hydrogen) atoms. The third kappa shape index (κ3) is 3.51. The summed E-state index contributed by atoms with van der Waals surface area (Å²) in [6.45, 7) is 11.7. The minimum Gasteiger partial charge on any atom is -0.339 e. The van der Waals surface area contributed by atoms with Crippen LogP contribution in [0, 0.1) is 17.3 Å². The van der Waals surface area contributed by atoms with Crippen molar-refractivity contribution in [3.05, 3.63) is 11.6 Å². The first-order valence-electron chi connectivity index (χ1n) is 9.75. The molecular formula is C20H31N3O3. The Balaban J connectivity index is 1.54. The van der Waals surface area contributed by atoms with Gasteiger partial charge in [-0.25, -0.2) is 0 Å². The maximum atomic E-state index is 12.9. The van der Waals surface area contributed by atoms with Gasteiger partial charge in [-0.1, -0.05) is 25.5 Å². The van der Waals surface area contributed by atoms with Crippen molar-refractivity contribution in [1.82, 2.24) is 14.7 Å². The highest BCUT2D eigenvalue weighted by Crippen LogP contribution is 2.60. The van der Waals surface area contributed by atoms with Gasteiger partial charge < -0.3 is 14.7 Å². The Hall–Kier alpha value is -1.85. The van der Waals surface area contributed by atoms with E-state index in [0.29, 0.717) is 45.2 Å². The Kier molecular flexibility index (Phi) is 5.13. The van der Waals surface area contributed by atoms with Crippen molar-refractivity contribution in [2.75, 3.05) is 39.3 Å². The maximum absolute atomic E-state index is 12.9. The molecule has 0 aromatic carbocycles. The smallest absolute Gasteiger partial charge is 0.312 e. The van der Waals surface area contributed by atoms with Gasteiger partial charge in [0.15, 0.2) is 0 Å². The van der Waals surface area contributed by atoms with Gasteiger partial charge >= 0.3 is 11.8 Å². The summed E-state index contributed by atoms with van der Waals surface area (Å²) in [5, 5.41) is 0. The number of hydrogen-bond acceptors (Lipinski definition) is 3. The van der Waals surface area contributed by atoms with Gasteiger partial charge in [-0.05, 0) is 38.0 Å². The zero-order valence-electron chi connectivity index (χ0n) is 16.5. The van der Waals surface area contributed by atoms with Crippen LogP contribution in [0.5, 0.6) is 0 Å². The Bertz CT molecular complexity index is 622. The first kappa shape index (κ1) is 18.9. The number of allylic oxidation sites excluding steroid dienone is 2. The van der Waals surface area contributed by atoms with E-state index in [-0.39, 0.29) is 23.1 Å². The van der Waals surface area contributed by atoms with E-state index in [1.807, 2.05) is 4.90 Å². The number of amides is 3. The molecule has 3 aliphatic rings. The SMILES string of the molecule is CC(C)=CC1C(C(=O)N2CCN(C(=O)C(=O)N3CCCC3)CC2)C1(C)C. The van der Waals surface area contributed by atoms with Gasteiger partial charge in [0.05, 0.1) is 5.92 Å². The number of carbonyl (C=O) groups excluding carboxylic acids is 3. The number of likely N-dealkylation sites (tertiary alicyclic amines) is 1. The largest absolute Gasteiger partial charge is 0.339 e. The fourth-order valence-corrected chi connectivity index (χ4v) is 4.34. The molecule has 2 aliphatic heterocycles. The molecule has 0 radical (unpaired) electrons. The van der Waals surface area contributed by atoms with Gasteiger partial charge in [-0.15, -0.1) is 0 Å². The fraction of sp³-hybridized carbons (Fsp3) is 0.750. The molecule has 3 fully saturated rings. The van der Waals surface area contributed by atoms with Gasteiger partial charge in [-0.3, -0.25) is 14.4 Å². The third-order valence-corrected chi connectivity index (χ3v) is 6.14. The molecule has 3 rings (SSSR count). The number of carbonyl (C=O) groups is 3. The van der Waals surface area contributed by atoms with Crippen LogP contribution >= 0.6 is 0 Å². The van der Waals surface area contributed by atoms with Crippen LogP contribution in [-0.2, 0) is 14.4 Å². The first-order chi connectivity index (χ1) is 12.2. The van der Waals surface area contributed by atoms with Crippen molar-refractivity contribution in [2.45, 2.75) is 40.5 Å². The summed E-state index contributed by atoms with van der Waals surface area (Å²) in [6, 6.07) is 0. The van der Waals surface area contributed by atoms with E-state index in [1.54, 1.807) is 9.80 Å². The number of piperazine rings is 1. The van der Waals surface area contributed by atoms with Gasteiger partial charge in [0, 0.05) is 39.3 Å². The van der Waals surface area contributed by atoms with Gasteiger partial charge in [0.1, 0.15) is 0 Å². The van der Waals surface area contributed by atoms with Crippen molar-refractivity contribution < 1.29 is 14.4 Å². The molecule has 1 aliphatic carbocycles. The van der Waals surface area contributed by atoms with Crippen LogP contribution in [0.25, 0.3) is 0 Å². The summed E-state index contributed by atoms with van der Waals surface area (Å²) >= 11 is 0. The zero-order valence-corrected chi connectivity index (χ0v) is 16.5. The summed E-state index contributed by atoms with van der Waals surface area (Å²) < 4.78 is 0. The maximum Gasteiger partial charge on any atom is 0.312 e. The van der Waals surface area contributed by atoms with Crippen LogP contribution in [0.4, 0.5) is 0 Å². The minimum absolute atomic E-state index is 0.00697. The van der Waals surface area contributed by atoms with E-state index in [1.165, 1.54) is 5.57 Å². The molecule has 0 aromatic rings. The lowest BCUT2D eigenvalue weighted by molar-refractivity contribution is -0.153. The summed E-state index contributed by atoms with van der Waals surface area (Å²) in [4.78, 5) is 42.7. The zero-order chi connectivity index (χ0) is 19.1. The van der Waals surface area contributed by atoms with Crippen LogP contribution in [0.15, 0.2) is 11.6 Å². The normalized spacial score (nSPS) is 27.3. The molecule has 0 aromatic heterocycles. The Labute approximate surface area is 156 Å². The van der Waals surface area contributed by atoms with Crippen LogP contribution in [0.2, 0.25) is 0 Å². The lowest BCUT2D eigenvalue weighted by atomic mass is 10.1. The molecule has 2 unspecified atom stereocenters. The van der Waals surface area contributed by atoms with Crippen molar-refractivity contribution in [1.29, 1.82) is 0 Å². The molecule has 6 heteroatoms. The Morgan fingerprint density at radius 1 is 0.808 bits per heavy atom. The topological polar surface area (TPSA) is 60.9 Å². The van der Waals surface area contributed by atoms with Crippen molar-refractivity contribution in [3.63, 3.8) is 0 Å². The molecule has 2 atom stereocenters. The quantitative estimate of drug-likeness (QED) is 0.553. The van der Waals surface area contributed by atoms with Crippen LogP contribution in [0.3, 0.4) is 0 Å². The highest BCUT2D eigenvalue weighted by atomic mass is 16.2. The van der Waals surface area contributed by atoms with Gasteiger partial charge in [-0.2, -0.15) is 0 Å². The van der Waals surface area contributed by atoms with Gasteiger partial charge in [0.25, 0.3) is 0 Å². The van der Waals surface area contributed by atoms with E-state index < -0.39 is 5.91 Å². The Morgan fingerprint density at radius 3 is 1.77 bits per heavy atom. The lowest BCUT2D eigenvalue weighted by Gasteiger charge is -2.35. The molecule has 6 nitrogen and oxygen atoms in total. The lowest BCUT2D eigenvalue weighted by Crippen LogP contribution is -2.54. The predicted molar refractivity (Wildman–Crippen MR) is 99.2 cm³/mol. The average Bonchev–Trinajstić information content (AvgIpc) is 2.98. The van der Waals surface area contributed by atoms with E-state index in [0.717, 1.165) is 12.8 Å². The molecule has 3 amide bonds. The standard InChI is InChI=1S/C20H31N3O3/c1-14(2)13-15-16(20(15,3)4)17(24)22-9-11-23(12-10-22)19(26)18(25)21-7-5-6-8-21/h13,15-16H,5-12H2,1-4H3.